The number of nitrogens with zero attached hydrogens (tertiary/aromatic N) is 1. The first-order chi connectivity index (χ1) is 9.38. The summed E-state index contributed by atoms with van der Waals surface area (Å²) in [4.78, 5) is 0.353. The lowest BCUT2D eigenvalue weighted by atomic mass is 10.1. The van der Waals surface area contributed by atoms with Gasteiger partial charge in [-0.1, -0.05) is 20.3 Å². The lowest BCUT2D eigenvalue weighted by molar-refractivity contribution is 0.406. The van der Waals surface area contributed by atoms with E-state index >= 15 is 0 Å². The molecule has 4 nitrogen and oxygen atoms in total. The Balaban J connectivity index is 3.21. The molecule has 1 rings (SSSR count). The van der Waals surface area contributed by atoms with Gasteiger partial charge in [0.15, 0.2) is 0 Å². The van der Waals surface area contributed by atoms with Crippen LogP contribution in [0.2, 0.25) is 0 Å². The van der Waals surface area contributed by atoms with Gasteiger partial charge in [0, 0.05) is 13.1 Å². The molecule has 0 bridgehead atoms. The van der Waals surface area contributed by atoms with E-state index in [0.29, 0.717) is 18.0 Å². The molecule has 0 aromatic heterocycles. The summed E-state index contributed by atoms with van der Waals surface area (Å²) in [6.07, 6.45) is 1.86. The number of sulfonamides is 1. The summed E-state index contributed by atoms with van der Waals surface area (Å²) in [7, 11) is -1.82. The van der Waals surface area contributed by atoms with Crippen LogP contribution in [0.15, 0.2) is 17.0 Å². The second kappa shape index (κ2) is 7.09. The minimum atomic E-state index is -3.42. The summed E-state index contributed by atoms with van der Waals surface area (Å²) >= 11 is 0. The third-order valence-corrected chi connectivity index (χ3v) is 5.34. The molecule has 0 fully saturated rings. The zero-order valence-electron chi connectivity index (χ0n) is 13.1. The molecule has 0 unspecified atom stereocenters. The molecule has 20 heavy (non-hydrogen) atoms. The Hall–Kier alpha value is -1.07. The first kappa shape index (κ1) is 17.0. The highest BCUT2D eigenvalue weighted by atomic mass is 32.2. The van der Waals surface area contributed by atoms with E-state index in [9.17, 15) is 8.42 Å². The Bertz CT molecular complexity index is 529. The maximum Gasteiger partial charge on any atom is 0.243 e. The SMILES string of the molecule is CCCCN(CC)S(=O)(=O)c1cc(C)c(OC)c(C)c1. The molecule has 0 aliphatic carbocycles. The van der Waals surface area contributed by atoms with E-state index in [1.54, 1.807) is 19.2 Å². The first-order valence-corrected chi connectivity index (χ1v) is 8.47. The smallest absolute Gasteiger partial charge is 0.243 e. The van der Waals surface area contributed by atoms with Crippen molar-refractivity contribution in [2.75, 3.05) is 20.2 Å². The zero-order chi connectivity index (χ0) is 15.3. The number of methoxy groups -OCH3 is 1. The summed E-state index contributed by atoms with van der Waals surface area (Å²) < 4.78 is 32.1. The van der Waals surface area contributed by atoms with Crippen LogP contribution >= 0.6 is 0 Å². The summed E-state index contributed by atoms with van der Waals surface area (Å²) in [6, 6.07) is 3.38. The molecular formula is C15H25NO3S. The van der Waals surface area contributed by atoms with Gasteiger partial charge in [0.1, 0.15) is 5.75 Å². The van der Waals surface area contributed by atoms with Crippen LogP contribution in [0.1, 0.15) is 37.8 Å². The van der Waals surface area contributed by atoms with E-state index in [0.717, 1.165) is 29.7 Å². The molecule has 1 aromatic rings. The average Bonchev–Trinajstić information content (AvgIpc) is 2.39. The number of hydrogen-bond donors (Lipinski definition) is 0. The van der Waals surface area contributed by atoms with Gasteiger partial charge in [0.05, 0.1) is 12.0 Å². The van der Waals surface area contributed by atoms with Crippen LogP contribution in [-0.4, -0.2) is 32.9 Å². The van der Waals surface area contributed by atoms with Gasteiger partial charge in [-0.15, -0.1) is 0 Å². The fourth-order valence-electron chi connectivity index (χ4n) is 2.31. The van der Waals surface area contributed by atoms with Gasteiger partial charge in [-0.3, -0.25) is 0 Å². The summed E-state index contributed by atoms with van der Waals surface area (Å²) in [5.74, 6) is 0.751. The maximum atomic E-state index is 12.7. The Morgan fingerprint density at radius 2 is 1.70 bits per heavy atom. The van der Waals surface area contributed by atoms with Gasteiger partial charge >= 0.3 is 0 Å². The highest BCUT2D eigenvalue weighted by molar-refractivity contribution is 7.89. The predicted octanol–water partition coefficient (Wildman–Crippen LogP) is 3.12. The fraction of sp³-hybridized carbons (Fsp3) is 0.600. The molecule has 0 N–H and O–H groups in total. The van der Waals surface area contributed by atoms with Crippen molar-refractivity contribution in [1.82, 2.24) is 4.31 Å². The van der Waals surface area contributed by atoms with Crippen LogP contribution in [0.4, 0.5) is 0 Å². The van der Waals surface area contributed by atoms with Crippen LogP contribution in [0.3, 0.4) is 0 Å². The maximum absolute atomic E-state index is 12.7. The van der Waals surface area contributed by atoms with Gasteiger partial charge < -0.3 is 4.74 Å². The van der Waals surface area contributed by atoms with Crippen LogP contribution in [0.25, 0.3) is 0 Å². The van der Waals surface area contributed by atoms with Crippen LogP contribution in [0.5, 0.6) is 5.75 Å². The number of aryl methyl sites for hydroxylation is 2. The molecule has 1 aromatic carbocycles. The van der Waals surface area contributed by atoms with Crippen molar-refractivity contribution in [3.8, 4) is 5.75 Å². The minimum Gasteiger partial charge on any atom is -0.496 e. The van der Waals surface area contributed by atoms with E-state index in [2.05, 4.69) is 6.92 Å². The summed E-state index contributed by atoms with van der Waals surface area (Å²) in [5.41, 5.74) is 1.69. The monoisotopic (exact) mass is 299 g/mol. The van der Waals surface area contributed by atoms with E-state index in [1.165, 1.54) is 4.31 Å². The van der Waals surface area contributed by atoms with E-state index in [1.807, 2.05) is 20.8 Å². The van der Waals surface area contributed by atoms with Crippen molar-refractivity contribution in [3.05, 3.63) is 23.3 Å². The van der Waals surface area contributed by atoms with Gasteiger partial charge in [0.2, 0.25) is 10.0 Å². The quantitative estimate of drug-likeness (QED) is 0.777. The number of ether oxygens (including phenoxy) is 1. The molecule has 0 amide bonds. The van der Waals surface area contributed by atoms with Crippen molar-refractivity contribution in [2.24, 2.45) is 0 Å². The second-order valence-corrected chi connectivity index (χ2v) is 6.88. The normalized spacial score (nSPS) is 11.9. The average molecular weight is 299 g/mol. The molecule has 114 valence electrons. The molecule has 0 saturated heterocycles. The highest BCUT2D eigenvalue weighted by Crippen LogP contribution is 2.28. The number of benzene rings is 1. The van der Waals surface area contributed by atoms with Crippen molar-refractivity contribution in [3.63, 3.8) is 0 Å². The number of unbranched alkanes of at least 4 members (excludes halogenated alkanes) is 1. The third-order valence-electron chi connectivity index (χ3n) is 3.39. The van der Waals surface area contributed by atoms with Gasteiger partial charge in [-0.25, -0.2) is 8.42 Å². The molecule has 0 saturated carbocycles. The van der Waals surface area contributed by atoms with E-state index < -0.39 is 10.0 Å². The molecule has 0 aliphatic rings. The molecule has 0 radical (unpaired) electrons. The van der Waals surface area contributed by atoms with Crippen molar-refractivity contribution >= 4 is 10.0 Å². The molecule has 0 spiro atoms. The van der Waals surface area contributed by atoms with E-state index in [-0.39, 0.29) is 0 Å². The van der Waals surface area contributed by atoms with Crippen LogP contribution < -0.4 is 4.74 Å². The lowest BCUT2D eigenvalue weighted by Gasteiger charge is -2.21. The number of rotatable bonds is 7. The Morgan fingerprint density at radius 1 is 1.15 bits per heavy atom. The topological polar surface area (TPSA) is 46.6 Å². The van der Waals surface area contributed by atoms with Crippen LogP contribution in [0, 0.1) is 13.8 Å². The predicted molar refractivity (Wildman–Crippen MR) is 81.8 cm³/mol. The van der Waals surface area contributed by atoms with Crippen molar-refractivity contribution < 1.29 is 13.2 Å². The largest absolute Gasteiger partial charge is 0.496 e. The highest BCUT2D eigenvalue weighted by Gasteiger charge is 2.24. The lowest BCUT2D eigenvalue weighted by Crippen LogP contribution is -2.32. The Morgan fingerprint density at radius 3 is 2.10 bits per heavy atom. The third kappa shape index (κ3) is 3.52. The fourth-order valence-corrected chi connectivity index (χ4v) is 3.97. The molecule has 0 aliphatic heterocycles. The standard InChI is InChI=1S/C15H25NO3S/c1-6-8-9-16(7-2)20(17,18)14-10-12(3)15(19-5)13(4)11-14/h10-11H,6-9H2,1-5H3. The zero-order valence-corrected chi connectivity index (χ0v) is 13.9. The second-order valence-electron chi connectivity index (χ2n) is 4.94. The van der Waals surface area contributed by atoms with Gasteiger partial charge in [-0.2, -0.15) is 4.31 Å². The minimum absolute atomic E-state index is 0.353. The Kier molecular flexibility index (Phi) is 6.02. The van der Waals surface area contributed by atoms with Crippen LogP contribution in [-0.2, 0) is 10.0 Å². The summed E-state index contributed by atoms with van der Waals surface area (Å²) in [5, 5.41) is 0. The Labute approximate surface area is 122 Å². The molecule has 0 heterocycles. The van der Waals surface area contributed by atoms with E-state index in [4.69, 9.17) is 4.74 Å². The van der Waals surface area contributed by atoms with Gasteiger partial charge in [0.25, 0.3) is 0 Å². The number of hydrogen-bond acceptors (Lipinski definition) is 3. The summed E-state index contributed by atoms with van der Waals surface area (Å²) in [6.45, 7) is 8.73. The first-order valence-electron chi connectivity index (χ1n) is 7.03. The molecule has 5 heteroatoms. The van der Waals surface area contributed by atoms with Crippen molar-refractivity contribution in [2.45, 2.75) is 45.4 Å². The van der Waals surface area contributed by atoms with Crippen molar-refractivity contribution in [1.29, 1.82) is 0 Å². The van der Waals surface area contributed by atoms with Gasteiger partial charge in [-0.05, 0) is 43.5 Å². The molecule has 0 atom stereocenters. The molecular weight excluding hydrogens is 274 g/mol.